The second kappa shape index (κ2) is 5.27. The average Bonchev–Trinajstić information content (AvgIpc) is 2.39. The van der Waals surface area contributed by atoms with Crippen molar-refractivity contribution in [1.29, 1.82) is 0 Å². The van der Waals surface area contributed by atoms with Crippen molar-refractivity contribution in [3.63, 3.8) is 0 Å². The van der Waals surface area contributed by atoms with Gasteiger partial charge in [-0.15, -0.1) is 0 Å². The lowest BCUT2D eigenvalue weighted by molar-refractivity contribution is 0.122. The molecule has 1 unspecified atom stereocenters. The van der Waals surface area contributed by atoms with Gasteiger partial charge in [0.05, 0.1) is 19.3 Å². The minimum Gasteiger partial charge on any atom is -0.388 e. The lowest BCUT2D eigenvalue weighted by atomic mass is 10.1. The summed E-state index contributed by atoms with van der Waals surface area (Å²) < 4.78 is 5.29. The molecule has 16 heavy (non-hydrogen) atoms. The van der Waals surface area contributed by atoms with Crippen LogP contribution < -0.4 is 4.90 Å². The summed E-state index contributed by atoms with van der Waals surface area (Å²) in [6, 6.07) is 3.92. The van der Waals surface area contributed by atoms with Crippen molar-refractivity contribution >= 4 is 5.82 Å². The van der Waals surface area contributed by atoms with Crippen LogP contribution in [0.3, 0.4) is 0 Å². The molecule has 2 heterocycles. The monoisotopic (exact) mass is 222 g/mol. The second-order valence-corrected chi connectivity index (χ2v) is 3.97. The van der Waals surface area contributed by atoms with Gasteiger partial charge in [0.25, 0.3) is 0 Å². The first kappa shape index (κ1) is 11.4. The van der Waals surface area contributed by atoms with Gasteiger partial charge in [-0.3, -0.25) is 0 Å². The Morgan fingerprint density at radius 2 is 2.19 bits per heavy atom. The highest BCUT2D eigenvalue weighted by atomic mass is 16.5. The predicted molar refractivity (Wildman–Crippen MR) is 62.5 cm³/mol. The summed E-state index contributed by atoms with van der Waals surface area (Å²) in [6.45, 7) is 5.27. The molecule has 1 N–H and O–H groups in total. The number of hydrogen-bond acceptors (Lipinski definition) is 4. The summed E-state index contributed by atoms with van der Waals surface area (Å²) in [5.41, 5.74) is 0.888. The van der Waals surface area contributed by atoms with Crippen molar-refractivity contribution in [1.82, 2.24) is 4.98 Å². The number of nitrogens with zero attached hydrogens (tertiary/aromatic N) is 2. The van der Waals surface area contributed by atoms with Gasteiger partial charge >= 0.3 is 0 Å². The largest absolute Gasteiger partial charge is 0.388 e. The van der Waals surface area contributed by atoms with Crippen LogP contribution in [0, 0.1) is 0 Å². The number of rotatable bonds is 3. The van der Waals surface area contributed by atoms with Crippen molar-refractivity contribution in [2.75, 3.05) is 31.2 Å². The second-order valence-electron chi connectivity index (χ2n) is 3.97. The number of aromatic nitrogens is 1. The quantitative estimate of drug-likeness (QED) is 0.838. The summed E-state index contributed by atoms with van der Waals surface area (Å²) in [4.78, 5) is 6.58. The van der Waals surface area contributed by atoms with E-state index in [4.69, 9.17) is 4.74 Å². The Labute approximate surface area is 95.9 Å². The molecule has 1 atom stereocenters. The highest BCUT2D eigenvalue weighted by Crippen LogP contribution is 2.18. The van der Waals surface area contributed by atoms with Crippen molar-refractivity contribution < 1.29 is 9.84 Å². The molecule has 0 aliphatic carbocycles. The lowest BCUT2D eigenvalue weighted by Crippen LogP contribution is -2.36. The number of hydrogen-bond donors (Lipinski definition) is 1. The molecular weight excluding hydrogens is 204 g/mol. The number of aliphatic hydroxyl groups is 1. The first-order chi connectivity index (χ1) is 7.81. The van der Waals surface area contributed by atoms with Crippen LogP contribution >= 0.6 is 0 Å². The third-order valence-electron chi connectivity index (χ3n) is 2.88. The molecule has 88 valence electrons. The van der Waals surface area contributed by atoms with Crippen LogP contribution in [-0.2, 0) is 4.74 Å². The Hall–Kier alpha value is -1.13. The van der Waals surface area contributed by atoms with Crippen molar-refractivity contribution in [3.05, 3.63) is 23.9 Å². The molecule has 1 aromatic rings. The normalized spacial score (nSPS) is 18.5. The zero-order chi connectivity index (χ0) is 11.4. The van der Waals surface area contributed by atoms with Crippen LogP contribution in [0.25, 0.3) is 0 Å². The van der Waals surface area contributed by atoms with E-state index in [9.17, 15) is 5.11 Å². The van der Waals surface area contributed by atoms with Crippen molar-refractivity contribution in [3.8, 4) is 0 Å². The summed E-state index contributed by atoms with van der Waals surface area (Å²) >= 11 is 0. The van der Waals surface area contributed by atoms with Gasteiger partial charge in [0.1, 0.15) is 5.82 Å². The molecule has 1 fully saturated rings. The Kier molecular flexibility index (Phi) is 3.74. The van der Waals surface area contributed by atoms with Crippen LogP contribution in [0.5, 0.6) is 0 Å². The molecule has 0 aromatic carbocycles. The maximum atomic E-state index is 9.66. The molecule has 0 saturated carbocycles. The molecule has 0 amide bonds. The topological polar surface area (TPSA) is 45.6 Å². The Bertz CT molecular complexity index is 320. The molecule has 1 aliphatic rings. The molecule has 0 bridgehead atoms. The van der Waals surface area contributed by atoms with Gasteiger partial charge in [-0.05, 0) is 18.1 Å². The molecule has 1 aliphatic heterocycles. The molecule has 0 spiro atoms. The van der Waals surface area contributed by atoms with E-state index in [1.165, 1.54) is 0 Å². The Morgan fingerprint density at radius 3 is 2.75 bits per heavy atom. The summed E-state index contributed by atoms with van der Waals surface area (Å²) in [6.07, 6.45) is 2.09. The number of pyridine rings is 1. The van der Waals surface area contributed by atoms with E-state index in [0.717, 1.165) is 44.1 Å². The fourth-order valence-corrected chi connectivity index (χ4v) is 1.81. The van der Waals surface area contributed by atoms with Crippen LogP contribution in [0.15, 0.2) is 18.3 Å². The first-order valence-corrected chi connectivity index (χ1v) is 5.78. The molecular formula is C12H18N2O2. The summed E-state index contributed by atoms with van der Waals surface area (Å²) in [7, 11) is 0. The van der Waals surface area contributed by atoms with Crippen LogP contribution in [0.4, 0.5) is 5.82 Å². The predicted octanol–water partition coefficient (Wildman–Crippen LogP) is 1.36. The van der Waals surface area contributed by atoms with Gasteiger partial charge in [0, 0.05) is 19.3 Å². The van der Waals surface area contributed by atoms with E-state index in [1.54, 1.807) is 6.20 Å². The third kappa shape index (κ3) is 2.51. The van der Waals surface area contributed by atoms with E-state index < -0.39 is 6.10 Å². The molecule has 4 heteroatoms. The average molecular weight is 222 g/mol. The maximum absolute atomic E-state index is 9.66. The fraction of sp³-hybridized carbons (Fsp3) is 0.583. The fourth-order valence-electron chi connectivity index (χ4n) is 1.81. The minimum absolute atomic E-state index is 0.397. The number of ether oxygens (including phenoxy) is 1. The number of morpholine rings is 1. The Balaban J connectivity index is 2.06. The minimum atomic E-state index is -0.397. The highest BCUT2D eigenvalue weighted by Gasteiger charge is 2.12. The van der Waals surface area contributed by atoms with E-state index in [0.29, 0.717) is 0 Å². The molecule has 0 radical (unpaired) electrons. The van der Waals surface area contributed by atoms with Gasteiger partial charge in [-0.25, -0.2) is 4.98 Å². The molecule has 4 nitrogen and oxygen atoms in total. The third-order valence-corrected chi connectivity index (χ3v) is 2.88. The van der Waals surface area contributed by atoms with Crippen molar-refractivity contribution in [2.45, 2.75) is 19.4 Å². The SMILES string of the molecule is CCC(O)c1ccc(N2CCOCC2)nc1. The van der Waals surface area contributed by atoms with Crippen LogP contribution in [0.2, 0.25) is 0 Å². The standard InChI is InChI=1S/C12H18N2O2/c1-2-11(15)10-3-4-12(13-9-10)14-5-7-16-8-6-14/h3-4,9,11,15H,2,5-8H2,1H3. The Morgan fingerprint density at radius 1 is 1.44 bits per heavy atom. The molecule has 2 rings (SSSR count). The van der Waals surface area contributed by atoms with Crippen LogP contribution in [0.1, 0.15) is 25.0 Å². The van der Waals surface area contributed by atoms with Gasteiger partial charge in [-0.2, -0.15) is 0 Å². The zero-order valence-corrected chi connectivity index (χ0v) is 9.59. The van der Waals surface area contributed by atoms with Crippen molar-refractivity contribution in [2.24, 2.45) is 0 Å². The number of aliphatic hydroxyl groups excluding tert-OH is 1. The first-order valence-electron chi connectivity index (χ1n) is 5.78. The van der Waals surface area contributed by atoms with Gasteiger partial charge < -0.3 is 14.7 Å². The van der Waals surface area contributed by atoms with Gasteiger partial charge in [0.2, 0.25) is 0 Å². The summed E-state index contributed by atoms with van der Waals surface area (Å²) in [5, 5.41) is 9.66. The van der Waals surface area contributed by atoms with Gasteiger partial charge in [-0.1, -0.05) is 13.0 Å². The molecule has 1 saturated heterocycles. The highest BCUT2D eigenvalue weighted by molar-refractivity contribution is 5.39. The zero-order valence-electron chi connectivity index (χ0n) is 9.59. The van der Waals surface area contributed by atoms with E-state index in [1.807, 2.05) is 19.1 Å². The van der Waals surface area contributed by atoms with E-state index in [2.05, 4.69) is 9.88 Å². The lowest BCUT2D eigenvalue weighted by Gasteiger charge is -2.27. The van der Waals surface area contributed by atoms with E-state index >= 15 is 0 Å². The van der Waals surface area contributed by atoms with Gasteiger partial charge in [0.15, 0.2) is 0 Å². The molecule has 1 aromatic heterocycles. The smallest absolute Gasteiger partial charge is 0.128 e. The summed E-state index contributed by atoms with van der Waals surface area (Å²) in [5.74, 6) is 0.968. The van der Waals surface area contributed by atoms with Crippen LogP contribution in [-0.4, -0.2) is 36.4 Å². The van der Waals surface area contributed by atoms with E-state index in [-0.39, 0.29) is 0 Å². The number of anilines is 1. The maximum Gasteiger partial charge on any atom is 0.128 e.